The molecule has 2 heterocycles. The maximum Gasteiger partial charge on any atom is 0.328 e. The van der Waals surface area contributed by atoms with Crippen LogP contribution in [-0.4, -0.2) is 37.6 Å². The molecule has 196 valence electrons. The highest BCUT2D eigenvalue weighted by Gasteiger charge is 2.12. The number of hydrogen-bond acceptors (Lipinski definition) is 6. The zero-order valence-corrected chi connectivity index (χ0v) is 21.4. The van der Waals surface area contributed by atoms with Gasteiger partial charge in [-0.2, -0.15) is 4.98 Å². The molecule has 8 nitrogen and oxygen atoms in total. The predicted molar refractivity (Wildman–Crippen MR) is 152 cm³/mol. The summed E-state index contributed by atoms with van der Waals surface area (Å²) in [6, 6.07) is 19.6. The van der Waals surface area contributed by atoms with Gasteiger partial charge in [0, 0.05) is 36.5 Å². The molecule has 0 aliphatic rings. The number of imidazole rings is 1. The number of aryl methyl sites for hydroxylation is 1. The SMILES string of the molecule is O=C(O)/C=C/c1cccc(-c2cnc(Nc3ccc(F)c(Cl)c3)nc2NCCCc2nc3ccccc3[nH]2)c1. The number of aromatic amines is 1. The molecule has 4 N–H and O–H groups in total. The van der Waals surface area contributed by atoms with E-state index in [1.807, 2.05) is 48.5 Å². The van der Waals surface area contributed by atoms with Crippen molar-refractivity contribution in [3.8, 4) is 11.1 Å². The monoisotopic (exact) mass is 542 g/mol. The molecule has 3 aromatic carbocycles. The number of carboxylic acids is 1. The van der Waals surface area contributed by atoms with Gasteiger partial charge in [0.1, 0.15) is 17.5 Å². The van der Waals surface area contributed by atoms with Gasteiger partial charge in [0.2, 0.25) is 5.95 Å². The molecule has 5 rings (SSSR count). The summed E-state index contributed by atoms with van der Waals surface area (Å²) < 4.78 is 13.6. The zero-order chi connectivity index (χ0) is 27.2. The van der Waals surface area contributed by atoms with Crippen molar-refractivity contribution in [1.29, 1.82) is 0 Å². The van der Waals surface area contributed by atoms with Gasteiger partial charge < -0.3 is 20.7 Å². The number of nitrogens with zero attached hydrogens (tertiary/aromatic N) is 3. The van der Waals surface area contributed by atoms with Crippen molar-refractivity contribution < 1.29 is 14.3 Å². The normalized spacial score (nSPS) is 11.2. The van der Waals surface area contributed by atoms with Crippen LogP contribution in [0, 0.1) is 5.82 Å². The van der Waals surface area contributed by atoms with E-state index in [1.54, 1.807) is 12.3 Å². The number of carboxylic acid groups (broad SMARTS) is 1. The largest absolute Gasteiger partial charge is 0.478 e. The molecular weight excluding hydrogens is 519 g/mol. The van der Waals surface area contributed by atoms with E-state index in [1.165, 1.54) is 18.2 Å². The average molecular weight is 543 g/mol. The van der Waals surface area contributed by atoms with Gasteiger partial charge in [0.05, 0.1) is 16.1 Å². The zero-order valence-electron chi connectivity index (χ0n) is 20.7. The summed E-state index contributed by atoms with van der Waals surface area (Å²) >= 11 is 5.92. The number of rotatable bonds is 10. The van der Waals surface area contributed by atoms with E-state index in [-0.39, 0.29) is 5.02 Å². The van der Waals surface area contributed by atoms with Crippen LogP contribution in [0.15, 0.2) is 79.0 Å². The lowest BCUT2D eigenvalue weighted by molar-refractivity contribution is -0.131. The standard InChI is InChI=1S/C29H24ClFN6O2/c30-22-16-20(11-12-23(22)31)34-29-33-17-21(19-6-3-5-18(15-19)10-13-27(38)39)28(37-29)32-14-4-9-26-35-24-7-1-2-8-25(24)36-26/h1-3,5-8,10-13,15-17H,4,9,14H2,(H,35,36)(H,38,39)(H2,32,33,34,37)/b13-10+. The number of aliphatic carboxylic acids is 1. The highest BCUT2D eigenvalue weighted by atomic mass is 35.5. The van der Waals surface area contributed by atoms with Gasteiger partial charge in [-0.15, -0.1) is 0 Å². The lowest BCUT2D eigenvalue weighted by atomic mass is 10.0. The lowest BCUT2D eigenvalue weighted by Gasteiger charge is -2.14. The molecule has 0 unspecified atom stereocenters. The summed E-state index contributed by atoms with van der Waals surface area (Å²) in [7, 11) is 0. The number of para-hydroxylation sites is 2. The molecular formula is C29H24ClFN6O2. The van der Waals surface area contributed by atoms with Crippen molar-refractivity contribution in [3.05, 3.63) is 101 Å². The first kappa shape index (κ1) is 25.9. The number of aromatic nitrogens is 4. The minimum Gasteiger partial charge on any atom is -0.478 e. The fourth-order valence-electron chi connectivity index (χ4n) is 4.06. The van der Waals surface area contributed by atoms with E-state index in [0.717, 1.165) is 52.5 Å². The molecule has 0 aliphatic heterocycles. The van der Waals surface area contributed by atoms with Crippen molar-refractivity contribution in [2.75, 3.05) is 17.2 Å². The Morgan fingerprint density at radius 1 is 1.08 bits per heavy atom. The summed E-state index contributed by atoms with van der Waals surface area (Å²) in [4.78, 5) is 28.0. The quantitative estimate of drug-likeness (QED) is 0.115. The van der Waals surface area contributed by atoms with Gasteiger partial charge in [0.25, 0.3) is 0 Å². The summed E-state index contributed by atoms with van der Waals surface area (Å²) in [5.41, 5.74) is 4.78. The first-order chi connectivity index (χ1) is 18.9. The smallest absolute Gasteiger partial charge is 0.328 e. The second-order valence-electron chi connectivity index (χ2n) is 8.74. The van der Waals surface area contributed by atoms with E-state index >= 15 is 0 Å². The molecule has 0 saturated carbocycles. The van der Waals surface area contributed by atoms with Crippen molar-refractivity contribution in [1.82, 2.24) is 19.9 Å². The van der Waals surface area contributed by atoms with E-state index in [0.29, 0.717) is 24.0 Å². The Kier molecular flexibility index (Phi) is 7.79. The average Bonchev–Trinajstić information content (AvgIpc) is 3.35. The molecule has 10 heteroatoms. The van der Waals surface area contributed by atoms with E-state index in [9.17, 15) is 9.18 Å². The third-order valence-corrected chi connectivity index (χ3v) is 6.19. The Bertz CT molecular complexity index is 1640. The summed E-state index contributed by atoms with van der Waals surface area (Å²) in [5.74, 6) is 0.274. The molecule has 5 aromatic rings. The first-order valence-electron chi connectivity index (χ1n) is 12.2. The van der Waals surface area contributed by atoms with E-state index in [2.05, 4.69) is 30.6 Å². The second kappa shape index (κ2) is 11.7. The van der Waals surface area contributed by atoms with Crippen LogP contribution in [0.2, 0.25) is 5.02 Å². The third kappa shape index (κ3) is 6.58. The van der Waals surface area contributed by atoms with Crippen LogP contribution in [0.5, 0.6) is 0 Å². The summed E-state index contributed by atoms with van der Waals surface area (Å²) in [6.45, 7) is 0.613. The maximum absolute atomic E-state index is 13.6. The van der Waals surface area contributed by atoms with Crippen LogP contribution >= 0.6 is 11.6 Å². The maximum atomic E-state index is 13.6. The fourth-order valence-corrected chi connectivity index (χ4v) is 4.24. The van der Waals surface area contributed by atoms with Gasteiger partial charge in [0.15, 0.2) is 0 Å². The van der Waals surface area contributed by atoms with Crippen LogP contribution in [-0.2, 0) is 11.2 Å². The molecule has 0 bridgehead atoms. The highest BCUT2D eigenvalue weighted by molar-refractivity contribution is 6.31. The van der Waals surface area contributed by atoms with E-state index < -0.39 is 11.8 Å². The van der Waals surface area contributed by atoms with Crippen LogP contribution in [0.4, 0.5) is 21.8 Å². The summed E-state index contributed by atoms with van der Waals surface area (Å²) in [6.07, 6.45) is 5.84. The van der Waals surface area contributed by atoms with Crippen molar-refractivity contribution >= 4 is 52.1 Å². The Hall–Kier alpha value is -4.76. The molecule has 39 heavy (non-hydrogen) atoms. The third-order valence-electron chi connectivity index (χ3n) is 5.90. The minimum absolute atomic E-state index is 0.00761. The molecule has 0 radical (unpaired) electrons. The van der Waals surface area contributed by atoms with Crippen LogP contribution in [0.25, 0.3) is 28.2 Å². The lowest BCUT2D eigenvalue weighted by Crippen LogP contribution is -2.09. The van der Waals surface area contributed by atoms with Gasteiger partial charge >= 0.3 is 5.97 Å². The molecule has 0 fully saturated rings. The van der Waals surface area contributed by atoms with Gasteiger partial charge in [-0.25, -0.2) is 19.2 Å². The van der Waals surface area contributed by atoms with Gasteiger partial charge in [-0.05, 0) is 60.0 Å². The molecule has 2 aromatic heterocycles. The summed E-state index contributed by atoms with van der Waals surface area (Å²) in [5, 5.41) is 15.4. The fraction of sp³-hybridized carbons (Fsp3) is 0.103. The number of anilines is 3. The molecule has 0 amide bonds. The first-order valence-corrected chi connectivity index (χ1v) is 12.6. The van der Waals surface area contributed by atoms with Crippen molar-refractivity contribution in [3.63, 3.8) is 0 Å². The number of benzene rings is 3. The number of carbonyl (C=O) groups is 1. The molecule has 0 aliphatic carbocycles. The Morgan fingerprint density at radius 3 is 2.77 bits per heavy atom. The van der Waals surface area contributed by atoms with E-state index in [4.69, 9.17) is 16.7 Å². The van der Waals surface area contributed by atoms with Gasteiger partial charge in [-0.1, -0.05) is 41.9 Å². The van der Waals surface area contributed by atoms with Crippen LogP contribution in [0.3, 0.4) is 0 Å². The topological polar surface area (TPSA) is 116 Å². The van der Waals surface area contributed by atoms with Crippen molar-refractivity contribution in [2.45, 2.75) is 12.8 Å². The number of fused-ring (bicyclic) bond motifs is 1. The second-order valence-corrected chi connectivity index (χ2v) is 9.14. The minimum atomic E-state index is -1.02. The number of nitrogens with one attached hydrogen (secondary N) is 3. The molecule has 0 spiro atoms. The Labute approximate surface area is 228 Å². The number of H-pyrrole nitrogens is 1. The predicted octanol–water partition coefficient (Wildman–Crippen LogP) is 6.70. The molecule has 0 atom stereocenters. The Balaban J connectivity index is 1.37. The highest BCUT2D eigenvalue weighted by Crippen LogP contribution is 2.29. The Morgan fingerprint density at radius 2 is 1.95 bits per heavy atom. The number of hydrogen-bond donors (Lipinski definition) is 4. The van der Waals surface area contributed by atoms with Crippen LogP contribution in [0.1, 0.15) is 17.8 Å². The molecule has 0 saturated heterocycles. The van der Waals surface area contributed by atoms with Crippen LogP contribution < -0.4 is 10.6 Å². The number of halogens is 2. The van der Waals surface area contributed by atoms with Gasteiger partial charge in [-0.3, -0.25) is 0 Å². The van der Waals surface area contributed by atoms with Crippen molar-refractivity contribution in [2.24, 2.45) is 0 Å².